The van der Waals surface area contributed by atoms with E-state index in [2.05, 4.69) is 6.92 Å². The third kappa shape index (κ3) is 9.52. The zero-order chi connectivity index (χ0) is 10.8. The van der Waals surface area contributed by atoms with Gasteiger partial charge in [0.1, 0.15) is 0 Å². The van der Waals surface area contributed by atoms with Gasteiger partial charge in [0.15, 0.2) is 0 Å². The highest BCUT2D eigenvalue weighted by atomic mass is 16.4. The number of hydrogen-bond donors (Lipinski definition) is 2. The van der Waals surface area contributed by atoms with Crippen LogP contribution in [-0.4, -0.2) is 22.3 Å². The first-order valence-electron chi connectivity index (χ1n) is 5.56. The number of carboxylic acid groups (broad SMARTS) is 1. The van der Waals surface area contributed by atoms with Crippen LogP contribution in [0.2, 0.25) is 0 Å². The number of carbonyl (C=O) groups is 1. The van der Waals surface area contributed by atoms with Crippen LogP contribution >= 0.6 is 0 Å². The summed E-state index contributed by atoms with van der Waals surface area (Å²) in [7, 11) is 0. The van der Waals surface area contributed by atoms with Crippen molar-refractivity contribution < 1.29 is 15.0 Å². The summed E-state index contributed by atoms with van der Waals surface area (Å²) in [6.07, 6.45) is 6.53. The Kier molecular flexibility index (Phi) is 8.64. The second kappa shape index (κ2) is 9.00. The second-order valence-corrected chi connectivity index (χ2v) is 3.79. The molecule has 0 aliphatic carbocycles. The fourth-order valence-electron chi connectivity index (χ4n) is 1.43. The van der Waals surface area contributed by atoms with Gasteiger partial charge in [-0.05, 0) is 19.3 Å². The van der Waals surface area contributed by atoms with Crippen LogP contribution in [0, 0.1) is 0 Å². The lowest BCUT2D eigenvalue weighted by Crippen LogP contribution is -2.06. The van der Waals surface area contributed by atoms with Gasteiger partial charge >= 0.3 is 5.97 Å². The van der Waals surface area contributed by atoms with Crippen molar-refractivity contribution in [3.8, 4) is 0 Å². The Morgan fingerprint density at radius 3 is 2.21 bits per heavy atom. The van der Waals surface area contributed by atoms with E-state index in [-0.39, 0.29) is 12.5 Å². The molecule has 0 aromatic rings. The summed E-state index contributed by atoms with van der Waals surface area (Å²) in [5, 5.41) is 17.9. The molecule has 0 bridgehead atoms. The van der Waals surface area contributed by atoms with Crippen LogP contribution < -0.4 is 0 Å². The van der Waals surface area contributed by atoms with E-state index >= 15 is 0 Å². The standard InChI is InChI=1S/C11H22O3/c1-2-3-4-7-10(12)8-5-6-9-11(13)14/h10,12H,2-9H2,1H3,(H,13,14). The number of rotatable bonds is 9. The first-order chi connectivity index (χ1) is 6.66. The van der Waals surface area contributed by atoms with Gasteiger partial charge in [-0.2, -0.15) is 0 Å². The molecule has 84 valence electrons. The zero-order valence-corrected chi connectivity index (χ0v) is 9.04. The highest BCUT2D eigenvalue weighted by Crippen LogP contribution is 2.10. The first kappa shape index (κ1) is 13.4. The van der Waals surface area contributed by atoms with Gasteiger partial charge in [0, 0.05) is 6.42 Å². The van der Waals surface area contributed by atoms with Crippen LogP contribution in [0.3, 0.4) is 0 Å². The molecule has 0 spiro atoms. The molecule has 0 saturated carbocycles. The minimum absolute atomic E-state index is 0.224. The van der Waals surface area contributed by atoms with Crippen LogP contribution in [0.25, 0.3) is 0 Å². The molecule has 0 aromatic heterocycles. The van der Waals surface area contributed by atoms with Gasteiger partial charge < -0.3 is 10.2 Å². The van der Waals surface area contributed by atoms with Crippen molar-refractivity contribution in [2.24, 2.45) is 0 Å². The summed E-state index contributed by atoms with van der Waals surface area (Å²) in [5.41, 5.74) is 0. The summed E-state index contributed by atoms with van der Waals surface area (Å²) in [5.74, 6) is -0.745. The Morgan fingerprint density at radius 2 is 1.71 bits per heavy atom. The van der Waals surface area contributed by atoms with E-state index in [9.17, 15) is 9.90 Å². The van der Waals surface area contributed by atoms with E-state index in [0.29, 0.717) is 6.42 Å². The molecule has 1 unspecified atom stereocenters. The summed E-state index contributed by atoms with van der Waals surface area (Å²) < 4.78 is 0. The summed E-state index contributed by atoms with van der Waals surface area (Å²) in [4.78, 5) is 10.2. The van der Waals surface area contributed by atoms with Crippen LogP contribution in [0.5, 0.6) is 0 Å². The van der Waals surface area contributed by atoms with Gasteiger partial charge in [0.25, 0.3) is 0 Å². The summed E-state index contributed by atoms with van der Waals surface area (Å²) >= 11 is 0. The van der Waals surface area contributed by atoms with E-state index in [1.54, 1.807) is 0 Å². The number of carboxylic acids is 1. The fourth-order valence-corrected chi connectivity index (χ4v) is 1.43. The maximum absolute atomic E-state index is 10.2. The van der Waals surface area contributed by atoms with Crippen LogP contribution in [-0.2, 0) is 4.79 Å². The Balaban J connectivity index is 3.18. The molecule has 0 aliphatic rings. The Hall–Kier alpha value is -0.570. The van der Waals surface area contributed by atoms with E-state index in [1.165, 1.54) is 12.8 Å². The lowest BCUT2D eigenvalue weighted by atomic mass is 10.0. The summed E-state index contributed by atoms with van der Waals surface area (Å²) in [6.45, 7) is 2.14. The number of aliphatic hydroxyl groups is 1. The molecule has 2 N–H and O–H groups in total. The van der Waals surface area contributed by atoms with Crippen LogP contribution in [0.4, 0.5) is 0 Å². The maximum atomic E-state index is 10.2. The SMILES string of the molecule is CCCCCC(O)CCCCC(=O)O. The van der Waals surface area contributed by atoms with Gasteiger partial charge in [-0.1, -0.05) is 32.6 Å². The molecule has 0 rings (SSSR count). The molecule has 14 heavy (non-hydrogen) atoms. The zero-order valence-electron chi connectivity index (χ0n) is 9.04. The van der Waals surface area contributed by atoms with E-state index in [4.69, 9.17) is 5.11 Å². The van der Waals surface area contributed by atoms with Crippen molar-refractivity contribution in [1.29, 1.82) is 0 Å². The third-order valence-corrected chi connectivity index (χ3v) is 2.32. The Labute approximate surface area is 86.1 Å². The van der Waals surface area contributed by atoms with Crippen molar-refractivity contribution >= 4 is 5.97 Å². The number of aliphatic hydroxyl groups excluding tert-OH is 1. The van der Waals surface area contributed by atoms with Crippen molar-refractivity contribution in [3.05, 3.63) is 0 Å². The highest BCUT2D eigenvalue weighted by Gasteiger charge is 2.04. The minimum Gasteiger partial charge on any atom is -0.481 e. The van der Waals surface area contributed by atoms with Gasteiger partial charge in [0.2, 0.25) is 0 Å². The molecule has 0 aliphatic heterocycles. The maximum Gasteiger partial charge on any atom is 0.303 e. The number of unbranched alkanes of at least 4 members (excludes halogenated alkanes) is 3. The predicted molar refractivity (Wildman–Crippen MR) is 56.3 cm³/mol. The Morgan fingerprint density at radius 1 is 1.14 bits per heavy atom. The molecule has 1 atom stereocenters. The minimum atomic E-state index is -0.745. The van der Waals surface area contributed by atoms with Crippen molar-refractivity contribution in [1.82, 2.24) is 0 Å². The van der Waals surface area contributed by atoms with Crippen LogP contribution in [0.15, 0.2) is 0 Å². The van der Waals surface area contributed by atoms with Gasteiger partial charge in [-0.15, -0.1) is 0 Å². The quantitative estimate of drug-likeness (QED) is 0.565. The molecule has 0 radical (unpaired) electrons. The van der Waals surface area contributed by atoms with E-state index in [1.807, 2.05) is 0 Å². The molecule has 0 heterocycles. The average molecular weight is 202 g/mol. The molecule has 0 aromatic carbocycles. The summed E-state index contributed by atoms with van der Waals surface area (Å²) in [6, 6.07) is 0. The van der Waals surface area contributed by atoms with Gasteiger partial charge in [0.05, 0.1) is 6.10 Å². The second-order valence-electron chi connectivity index (χ2n) is 3.79. The topological polar surface area (TPSA) is 57.5 Å². The van der Waals surface area contributed by atoms with Gasteiger partial charge in [-0.25, -0.2) is 0 Å². The lowest BCUT2D eigenvalue weighted by Gasteiger charge is -2.08. The monoisotopic (exact) mass is 202 g/mol. The fraction of sp³-hybridized carbons (Fsp3) is 0.909. The number of hydrogen-bond acceptors (Lipinski definition) is 2. The third-order valence-electron chi connectivity index (χ3n) is 2.32. The predicted octanol–water partition coefficient (Wildman–Crippen LogP) is 2.57. The van der Waals surface area contributed by atoms with Crippen LogP contribution in [0.1, 0.15) is 58.3 Å². The molecule has 3 heteroatoms. The average Bonchev–Trinajstić information content (AvgIpc) is 2.13. The molecular formula is C11H22O3. The smallest absolute Gasteiger partial charge is 0.303 e. The highest BCUT2D eigenvalue weighted by molar-refractivity contribution is 5.66. The van der Waals surface area contributed by atoms with Crippen molar-refractivity contribution in [3.63, 3.8) is 0 Å². The van der Waals surface area contributed by atoms with Crippen molar-refractivity contribution in [2.75, 3.05) is 0 Å². The number of aliphatic carboxylic acids is 1. The largest absolute Gasteiger partial charge is 0.481 e. The normalized spacial score (nSPS) is 12.7. The lowest BCUT2D eigenvalue weighted by molar-refractivity contribution is -0.137. The molecule has 3 nitrogen and oxygen atoms in total. The Bertz CT molecular complexity index is 145. The van der Waals surface area contributed by atoms with E-state index < -0.39 is 5.97 Å². The molecule has 0 saturated heterocycles. The van der Waals surface area contributed by atoms with E-state index in [0.717, 1.165) is 25.7 Å². The van der Waals surface area contributed by atoms with Gasteiger partial charge in [-0.3, -0.25) is 4.79 Å². The molecular weight excluding hydrogens is 180 g/mol. The first-order valence-corrected chi connectivity index (χ1v) is 5.56. The molecule has 0 amide bonds. The van der Waals surface area contributed by atoms with Crippen molar-refractivity contribution in [2.45, 2.75) is 64.4 Å². The molecule has 0 fully saturated rings.